The molecule has 1 saturated carbocycles. The van der Waals surface area contributed by atoms with Gasteiger partial charge in [-0.3, -0.25) is 9.79 Å². The fraction of sp³-hybridized carbons (Fsp3) is 0.818. The maximum absolute atomic E-state index is 11.1. The number of ether oxygens (including phenoxy) is 1. The SMILES string of the molecule is COC1(C2=NCC(=O)N2)CCC(C)CC1. The van der Waals surface area contributed by atoms with E-state index in [9.17, 15) is 4.79 Å². The number of aliphatic imine (C=N–C) groups is 1. The zero-order valence-electron chi connectivity index (χ0n) is 9.38. The quantitative estimate of drug-likeness (QED) is 0.742. The van der Waals surface area contributed by atoms with E-state index in [-0.39, 0.29) is 18.1 Å². The van der Waals surface area contributed by atoms with Crippen LogP contribution in [0.15, 0.2) is 4.99 Å². The topological polar surface area (TPSA) is 50.7 Å². The number of nitrogens with zero attached hydrogens (tertiary/aromatic N) is 1. The molecule has 1 aliphatic carbocycles. The van der Waals surface area contributed by atoms with Crippen LogP contribution in [0.2, 0.25) is 0 Å². The number of carbonyl (C=O) groups is 1. The number of rotatable bonds is 2. The molecule has 0 unspecified atom stereocenters. The van der Waals surface area contributed by atoms with Gasteiger partial charge in [0.05, 0.1) is 0 Å². The van der Waals surface area contributed by atoms with Crippen molar-refractivity contribution < 1.29 is 9.53 Å². The lowest BCUT2D eigenvalue weighted by Gasteiger charge is -2.37. The number of nitrogens with one attached hydrogen (secondary N) is 1. The highest BCUT2D eigenvalue weighted by Gasteiger charge is 2.41. The summed E-state index contributed by atoms with van der Waals surface area (Å²) in [6.45, 7) is 2.52. The van der Waals surface area contributed by atoms with Gasteiger partial charge in [-0.05, 0) is 31.6 Å². The highest BCUT2D eigenvalue weighted by Crippen LogP contribution is 2.35. The van der Waals surface area contributed by atoms with Gasteiger partial charge in [0.1, 0.15) is 18.0 Å². The molecule has 0 bridgehead atoms. The van der Waals surface area contributed by atoms with Crippen LogP contribution in [0.5, 0.6) is 0 Å². The van der Waals surface area contributed by atoms with Crippen LogP contribution in [-0.4, -0.2) is 31.0 Å². The summed E-state index contributed by atoms with van der Waals surface area (Å²) >= 11 is 0. The van der Waals surface area contributed by atoms with Gasteiger partial charge in [-0.2, -0.15) is 0 Å². The molecule has 0 spiro atoms. The third-order valence-corrected chi connectivity index (χ3v) is 3.54. The number of hydrogen-bond donors (Lipinski definition) is 1. The predicted molar refractivity (Wildman–Crippen MR) is 57.8 cm³/mol. The van der Waals surface area contributed by atoms with Gasteiger partial charge in [-0.25, -0.2) is 0 Å². The fourth-order valence-corrected chi connectivity index (χ4v) is 2.39. The molecule has 1 aliphatic heterocycles. The molecule has 0 aromatic carbocycles. The van der Waals surface area contributed by atoms with Crippen molar-refractivity contribution in [1.82, 2.24) is 5.32 Å². The second-order valence-electron chi connectivity index (χ2n) is 4.59. The average molecular weight is 210 g/mol. The minimum Gasteiger partial charge on any atom is -0.370 e. The van der Waals surface area contributed by atoms with Crippen molar-refractivity contribution in [2.45, 2.75) is 38.2 Å². The molecule has 2 aliphatic rings. The Bertz CT molecular complexity index is 291. The first kappa shape index (κ1) is 10.6. The minimum absolute atomic E-state index is 0.0138. The molecule has 84 valence electrons. The molecule has 1 amide bonds. The van der Waals surface area contributed by atoms with Crippen LogP contribution < -0.4 is 5.32 Å². The van der Waals surface area contributed by atoms with Gasteiger partial charge in [0.15, 0.2) is 0 Å². The van der Waals surface area contributed by atoms with Crippen molar-refractivity contribution in [3.63, 3.8) is 0 Å². The molecular weight excluding hydrogens is 192 g/mol. The Labute approximate surface area is 90.1 Å². The fourth-order valence-electron chi connectivity index (χ4n) is 2.39. The summed E-state index contributed by atoms with van der Waals surface area (Å²) in [6, 6.07) is 0. The second-order valence-corrected chi connectivity index (χ2v) is 4.59. The van der Waals surface area contributed by atoms with Crippen LogP contribution in [0, 0.1) is 5.92 Å². The number of amidine groups is 1. The Kier molecular flexibility index (Phi) is 2.78. The van der Waals surface area contributed by atoms with Crippen molar-refractivity contribution >= 4 is 11.7 Å². The highest BCUT2D eigenvalue weighted by molar-refractivity contribution is 6.07. The molecule has 1 heterocycles. The van der Waals surface area contributed by atoms with E-state index in [4.69, 9.17) is 4.74 Å². The maximum Gasteiger partial charge on any atom is 0.247 e. The van der Waals surface area contributed by atoms with Gasteiger partial charge in [0, 0.05) is 7.11 Å². The molecule has 15 heavy (non-hydrogen) atoms. The smallest absolute Gasteiger partial charge is 0.247 e. The van der Waals surface area contributed by atoms with E-state index in [0.29, 0.717) is 0 Å². The highest BCUT2D eigenvalue weighted by atomic mass is 16.5. The molecule has 0 atom stereocenters. The Hall–Kier alpha value is -0.900. The molecule has 4 heteroatoms. The number of amides is 1. The lowest BCUT2D eigenvalue weighted by Crippen LogP contribution is -2.49. The van der Waals surface area contributed by atoms with Crippen molar-refractivity contribution in [1.29, 1.82) is 0 Å². The van der Waals surface area contributed by atoms with Gasteiger partial charge in [-0.15, -0.1) is 0 Å². The molecule has 0 saturated heterocycles. The van der Waals surface area contributed by atoms with E-state index in [0.717, 1.165) is 37.4 Å². The van der Waals surface area contributed by atoms with Crippen molar-refractivity contribution in [2.24, 2.45) is 10.9 Å². The van der Waals surface area contributed by atoms with Crippen LogP contribution in [0.3, 0.4) is 0 Å². The first-order valence-corrected chi connectivity index (χ1v) is 5.56. The zero-order chi connectivity index (χ0) is 10.9. The molecule has 2 rings (SSSR count). The Morgan fingerprint density at radius 1 is 1.47 bits per heavy atom. The largest absolute Gasteiger partial charge is 0.370 e. The van der Waals surface area contributed by atoms with E-state index in [1.807, 2.05) is 0 Å². The van der Waals surface area contributed by atoms with Gasteiger partial charge >= 0.3 is 0 Å². The first-order chi connectivity index (χ1) is 7.16. The van der Waals surface area contributed by atoms with Crippen LogP contribution >= 0.6 is 0 Å². The average Bonchev–Trinajstić information content (AvgIpc) is 2.67. The van der Waals surface area contributed by atoms with E-state index >= 15 is 0 Å². The Morgan fingerprint density at radius 3 is 2.60 bits per heavy atom. The number of carbonyl (C=O) groups excluding carboxylic acids is 1. The molecule has 0 aromatic heterocycles. The third-order valence-electron chi connectivity index (χ3n) is 3.54. The molecule has 0 aromatic rings. The Morgan fingerprint density at radius 2 is 2.13 bits per heavy atom. The van der Waals surface area contributed by atoms with Gasteiger partial charge in [-0.1, -0.05) is 6.92 Å². The Balaban J connectivity index is 2.12. The molecular formula is C11H18N2O2. The lowest BCUT2D eigenvalue weighted by atomic mass is 9.78. The summed E-state index contributed by atoms with van der Waals surface area (Å²) in [5, 5.41) is 2.82. The summed E-state index contributed by atoms with van der Waals surface area (Å²) in [5.74, 6) is 1.49. The molecule has 4 nitrogen and oxygen atoms in total. The van der Waals surface area contributed by atoms with E-state index in [1.165, 1.54) is 0 Å². The van der Waals surface area contributed by atoms with E-state index in [2.05, 4.69) is 17.2 Å². The van der Waals surface area contributed by atoms with Crippen LogP contribution in [0.1, 0.15) is 32.6 Å². The van der Waals surface area contributed by atoms with E-state index in [1.54, 1.807) is 7.11 Å². The summed E-state index contributed by atoms with van der Waals surface area (Å²) in [4.78, 5) is 15.4. The zero-order valence-corrected chi connectivity index (χ0v) is 9.38. The molecule has 0 radical (unpaired) electrons. The summed E-state index contributed by atoms with van der Waals surface area (Å²) in [7, 11) is 1.71. The number of methoxy groups -OCH3 is 1. The maximum atomic E-state index is 11.1. The van der Waals surface area contributed by atoms with Crippen LogP contribution in [0.4, 0.5) is 0 Å². The normalized spacial score (nSPS) is 36.3. The summed E-state index contributed by atoms with van der Waals surface area (Å²) < 4.78 is 5.61. The van der Waals surface area contributed by atoms with Crippen molar-refractivity contribution in [3.05, 3.63) is 0 Å². The van der Waals surface area contributed by atoms with Crippen molar-refractivity contribution in [3.8, 4) is 0 Å². The number of hydrogen-bond acceptors (Lipinski definition) is 3. The third kappa shape index (κ3) is 1.91. The summed E-state index contributed by atoms with van der Waals surface area (Å²) in [6.07, 6.45) is 4.21. The van der Waals surface area contributed by atoms with Gasteiger partial charge in [0.2, 0.25) is 5.91 Å². The van der Waals surface area contributed by atoms with Gasteiger partial charge in [0.25, 0.3) is 0 Å². The van der Waals surface area contributed by atoms with Gasteiger partial charge < -0.3 is 10.1 Å². The first-order valence-electron chi connectivity index (χ1n) is 5.56. The monoisotopic (exact) mass is 210 g/mol. The lowest BCUT2D eigenvalue weighted by molar-refractivity contribution is -0.117. The van der Waals surface area contributed by atoms with Crippen LogP contribution in [0.25, 0.3) is 0 Å². The minimum atomic E-state index is -0.321. The molecule has 1 N–H and O–H groups in total. The second kappa shape index (κ2) is 3.93. The molecule has 1 fully saturated rings. The summed E-state index contributed by atoms with van der Waals surface area (Å²) in [5.41, 5.74) is -0.321. The van der Waals surface area contributed by atoms with Crippen LogP contribution in [-0.2, 0) is 9.53 Å². The predicted octanol–water partition coefficient (Wildman–Crippen LogP) is 1.11. The standard InChI is InChI=1S/C11H18N2O2/c1-8-3-5-11(15-2,6-4-8)10-12-7-9(14)13-10/h8H,3-7H2,1-2H3,(H,12,13,14). The van der Waals surface area contributed by atoms with Crippen molar-refractivity contribution in [2.75, 3.05) is 13.7 Å². The van der Waals surface area contributed by atoms with E-state index < -0.39 is 0 Å².